The Bertz CT molecular complexity index is 493. The van der Waals surface area contributed by atoms with E-state index in [0.717, 1.165) is 11.4 Å². The van der Waals surface area contributed by atoms with Gasteiger partial charge in [0, 0.05) is 16.9 Å². The number of nitriles is 1. The molecular weight excluding hydrogens is 210 g/mol. The van der Waals surface area contributed by atoms with Crippen LogP contribution in [0.4, 0.5) is 0 Å². The summed E-state index contributed by atoms with van der Waals surface area (Å²) in [6.45, 7) is 0. The number of hydrogen-bond donors (Lipinski definition) is 0. The first kappa shape index (κ1) is 9.75. The Labute approximate surface area is 92.6 Å². The van der Waals surface area contributed by atoms with E-state index in [-0.39, 0.29) is 0 Å². The summed E-state index contributed by atoms with van der Waals surface area (Å²) < 4.78 is 1.86. The van der Waals surface area contributed by atoms with Crippen LogP contribution in [0.3, 0.4) is 0 Å². The van der Waals surface area contributed by atoms with Crippen LogP contribution in [-0.2, 0) is 6.42 Å². The van der Waals surface area contributed by atoms with Gasteiger partial charge in [0.1, 0.15) is 0 Å². The topological polar surface area (TPSA) is 41.6 Å². The molecule has 0 aliphatic rings. The molecule has 15 heavy (non-hydrogen) atoms. The van der Waals surface area contributed by atoms with Crippen molar-refractivity contribution in [3.8, 4) is 11.8 Å². The monoisotopic (exact) mass is 217 g/mol. The number of rotatable bonds is 2. The summed E-state index contributed by atoms with van der Waals surface area (Å²) in [6, 6.07) is 9.51. The van der Waals surface area contributed by atoms with Gasteiger partial charge in [0.2, 0.25) is 0 Å². The molecule has 0 radical (unpaired) electrons. The van der Waals surface area contributed by atoms with Crippen molar-refractivity contribution >= 4 is 11.6 Å². The van der Waals surface area contributed by atoms with E-state index in [4.69, 9.17) is 16.9 Å². The number of benzene rings is 1. The summed E-state index contributed by atoms with van der Waals surface area (Å²) in [5.41, 5.74) is 1.75. The molecule has 1 heterocycles. The normalized spacial score (nSPS) is 9.87. The van der Waals surface area contributed by atoms with Gasteiger partial charge in [-0.15, -0.1) is 0 Å². The Morgan fingerprint density at radius 1 is 1.33 bits per heavy atom. The van der Waals surface area contributed by atoms with E-state index >= 15 is 0 Å². The zero-order valence-electron chi connectivity index (χ0n) is 7.89. The molecule has 4 heteroatoms. The van der Waals surface area contributed by atoms with Crippen molar-refractivity contribution < 1.29 is 0 Å². The van der Waals surface area contributed by atoms with Crippen molar-refractivity contribution in [3.05, 3.63) is 47.5 Å². The quantitative estimate of drug-likeness (QED) is 0.776. The van der Waals surface area contributed by atoms with Crippen LogP contribution in [0.2, 0.25) is 5.02 Å². The third-order valence-corrected chi connectivity index (χ3v) is 2.27. The number of nitrogens with zero attached hydrogens (tertiary/aromatic N) is 3. The maximum Gasteiger partial charge on any atom is 0.0995 e. The highest BCUT2D eigenvalue weighted by atomic mass is 35.5. The van der Waals surface area contributed by atoms with Crippen molar-refractivity contribution in [1.29, 1.82) is 5.26 Å². The molecule has 1 aromatic carbocycles. The molecule has 0 atom stereocenters. The molecule has 1 aromatic heterocycles. The molecule has 0 unspecified atom stereocenters. The van der Waals surface area contributed by atoms with Gasteiger partial charge in [0.15, 0.2) is 0 Å². The van der Waals surface area contributed by atoms with Gasteiger partial charge in [-0.05, 0) is 24.3 Å². The van der Waals surface area contributed by atoms with Crippen molar-refractivity contribution in [2.24, 2.45) is 0 Å². The minimum Gasteiger partial charge on any atom is -0.306 e. The lowest BCUT2D eigenvalue weighted by Crippen LogP contribution is -1.88. The maximum absolute atomic E-state index is 8.52. The van der Waals surface area contributed by atoms with Crippen molar-refractivity contribution in [3.63, 3.8) is 0 Å². The Morgan fingerprint density at radius 3 is 2.73 bits per heavy atom. The van der Waals surface area contributed by atoms with Crippen molar-refractivity contribution in [2.45, 2.75) is 6.42 Å². The van der Waals surface area contributed by atoms with Gasteiger partial charge >= 0.3 is 0 Å². The van der Waals surface area contributed by atoms with Crippen LogP contribution in [0.5, 0.6) is 0 Å². The lowest BCUT2D eigenvalue weighted by atomic mass is 10.3. The second-order valence-electron chi connectivity index (χ2n) is 3.08. The summed E-state index contributed by atoms with van der Waals surface area (Å²) in [5, 5.41) is 9.22. The zero-order chi connectivity index (χ0) is 10.7. The molecule has 3 nitrogen and oxygen atoms in total. The lowest BCUT2D eigenvalue weighted by molar-refractivity contribution is 1.06. The molecule has 0 amide bonds. The highest BCUT2D eigenvalue weighted by Gasteiger charge is 1.99. The van der Waals surface area contributed by atoms with E-state index in [1.807, 2.05) is 35.0 Å². The van der Waals surface area contributed by atoms with Gasteiger partial charge in [0.25, 0.3) is 0 Å². The van der Waals surface area contributed by atoms with Gasteiger partial charge in [-0.1, -0.05) is 11.6 Å². The average Bonchev–Trinajstić information content (AvgIpc) is 2.68. The Kier molecular flexibility index (Phi) is 2.70. The third-order valence-electron chi connectivity index (χ3n) is 2.02. The molecule has 0 saturated heterocycles. The summed E-state index contributed by atoms with van der Waals surface area (Å²) in [4.78, 5) is 4.11. The zero-order valence-corrected chi connectivity index (χ0v) is 8.65. The van der Waals surface area contributed by atoms with Gasteiger partial charge in [-0.25, -0.2) is 4.98 Å². The van der Waals surface area contributed by atoms with E-state index < -0.39 is 0 Å². The molecule has 0 spiro atoms. The molecule has 0 bridgehead atoms. The Morgan fingerprint density at radius 2 is 2.07 bits per heavy atom. The van der Waals surface area contributed by atoms with Crippen LogP contribution in [0.15, 0.2) is 36.8 Å². The van der Waals surface area contributed by atoms with E-state index in [1.165, 1.54) is 0 Å². The molecular formula is C11H8ClN3. The Hall–Kier alpha value is -1.79. The largest absolute Gasteiger partial charge is 0.306 e. The predicted molar refractivity (Wildman–Crippen MR) is 57.9 cm³/mol. The van der Waals surface area contributed by atoms with Gasteiger partial charge in [-0.3, -0.25) is 0 Å². The van der Waals surface area contributed by atoms with Crippen LogP contribution < -0.4 is 0 Å². The third kappa shape index (κ3) is 2.17. The van der Waals surface area contributed by atoms with Crippen molar-refractivity contribution in [2.75, 3.05) is 0 Å². The SMILES string of the molecule is N#CCc1cn(-c2ccc(Cl)cc2)cn1. The summed E-state index contributed by atoms with van der Waals surface area (Å²) in [7, 11) is 0. The van der Waals surface area contributed by atoms with E-state index in [1.54, 1.807) is 6.33 Å². The minimum atomic E-state index is 0.334. The van der Waals surface area contributed by atoms with E-state index in [0.29, 0.717) is 11.4 Å². The molecule has 0 fully saturated rings. The maximum atomic E-state index is 8.52. The first-order valence-corrected chi connectivity index (χ1v) is 4.83. The van der Waals surface area contributed by atoms with Crippen LogP contribution in [0.25, 0.3) is 5.69 Å². The number of aromatic nitrogens is 2. The smallest absolute Gasteiger partial charge is 0.0995 e. The molecule has 2 aromatic rings. The molecule has 74 valence electrons. The average molecular weight is 218 g/mol. The first-order valence-electron chi connectivity index (χ1n) is 4.45. The second-order valence-corrected chi connectivity index (χ2v) is 3.52. The predicted octanol–water partition coefficient (Wildman–Crippen LogP) is 2.59. The number of hydrogen-bond acceptors (Lipinski definition) is 2. The lowest BCUT2D eigenvalue weighted by Gasteiger charge is -2.00. The molecule has 2 rings (SSSR count). The molecule has 0 saturated carbocycles. The van der Waals surface area contributed by atoms with Gasteiger partial charge in [-0.2, -0.15) is 5.26 Å². The van der Waals surface area contributed by atoms with Crippen molar-refractivity contribution in [1.82, 2.24) is 9.55 Å². The summed E-state index contributed by atoms with van der Waals surface area (Å²) in [5.74, 6) is 0. The second kappa shape index (κ2) is 4.16. The summed E-state index contributed by atoms with van der Waals surface area (Å²) in [6.07, 6.45) is 3.86. The van der Waals surface area contributed by atoms with Crippen LogP contribution >= 0.6 is 11.6 Å². The fourth-order valence-corrected chi connectivity index (χ4v) is 1.42. The molecule has 0 N–H and O–H groups in total. The van der Waals surface area contributed by atoms with Gasteiger partial charge < -0.3 is 4.57 Å². The van der Waals surface area contributed by atoms with Crippen LogP contribution in [-0.4, -0.2) is 9.55 Å². The highest BCUT2D eigenvalue weighted by Crippen LogP contribution is 2.13. The fraction of sp³-hybridized carbons (Fsp3) is 0.0909. The summed E-state index contributed by atoms with van der Waals surface area (Å²) >= 11 is 5.79. The number of imidazole rings is 1. The highest BCUT2D eigenvalue weighted by molar-refractivity contribution is 6.30. The molecule has 0 aliphatic heterocycles. The fourth-order valence-electron chi connectivity index (χ4n) is 1.29. The number of halogens is 1. The van der Waals surface area contributed by atoms with Crippen LogP contribution in [0, 0.1) is 11.3 Å². The first-order chi connectivity index (χ1) is 7.29. The van der Waals surface area contributed by atoms with Crippen LogP contribution in [0.1, 0.15) is 5.69 Å². The Balaban J connectivity index is 2.30. The minimum absolute atomic E-state index is 0.334. The van der Waals surface area contributed by atoms with E-state index in [9.17, 15) is 0 Å². The molecule has 0 aliphatic carbocycles. The standard InChI is InChI=1S/C11H8ClN3/c12-9-1-3-11(4-2-9)15-7-10(5-6-13)14-8-15/h1-4,7-8H,5H2. The van der Waals surface area contributed by atoms with Gasteiger partial charge in [0.05, 0.1) is 24.5 Å². The van der Waals surface area contributed by atoms with E-state index in [2.05, 4.69) is 11.1 Å².